The van der Waals surface area contributed by atoms with Crippen molar-refractivity contribution in [3.05, 3.63) is 64.9 Å². The molecule has 33 heavy (non-hydrogen) atoms. The number of benzene rings is 2. The first-order chi connectivity index (χ1) is 16.0. The molecule has 0 radical (unpaired) electrons. The highest BCUT2D eigenvalue weighted by Gasteiger charge is 2.42. The Hall–Kier alpha value is -3.28. The van der Waals surface area contributed by atoms with Crippen molar-refractivity contribution in [2.45, 2.75) is 33.6 Å². The fraction of sp³-hybridized carbons (Fsp3) is 0.407. The number of piperazine rings is 1. The number of hydrogen-bond donors (Lipinski definition) is 0. The van der Waals surface area contributed by atoms with Gasteiger partial charge in [0.25, 0.3) is 11.8 Å². The molecule has 0 aliphatic carbocycles. The van der Waals surface area contributed by atoms with Crippen LogP contribution in [-0.2, 0) is 9.59 Å². The molecule has 2 heterocycles. The molecule has 6 nitrogen and oxygen atoms in total. The van der Waals surface area contributed by atoms with Crippen LogP contribution in [0, 0.1) is 13.8 Å². The van der Waals surface area contributed by atoms with Gasteiger partial charge in [0.2, 0.25) is 0 Å². The first-order valence-corrected chi connectivity index (χ1v) is 11.8. The van der Waals surface area contributed by atoms with Gasteiger partial charge in [-0.15, -0.1) is 0 Å². The third-order valence-corrected chi connectivity index (χ3v) is 6.70. The average Bonchev–Trinajstić information content (AvgIpc) is 3.09. The van der Waals surface area contributed by atoms with Gasteiger partial charge in [-0.25, -0.2) is 0 Å². The van der Waals surface area contributed by atoms with Crippen molar-refractivity contribution in [3.63, 3.8) is 0 Å². The number of unbranched alkanes of at least 4 members (excludes halogenated alkanes) is 1. The number of hydrogen-bond acceptors (Lipinski definition) is 5. The van der Waals surface area contributed by atoms with Crippen molar-refractivity contribution in [2.24, 2.45) is 0 Å². The molecule has 2 amide bonds. The third kappa shape index (κ3) is 4.34. The molecular formula is C27H33N3O3. The van der Waals surface area contributed by atoms with Crippen molar-refractivity contribution in [2.75, 3.05) is 44.7 Å². The number of imide groups is 1. The van der Waals surface area contributed by atoms with Crippen LogP contribution in [0.25, 0.3) is 5.57 Å². The minimum Gasteiger partial charge on any atom is -0.495 e. The van der Waals surface area contributed by atoms with Crippen LogP contribution in [0.3, 0.4) is 0 Å². The van der Waals surface area contributed by atoms with Crippen LogP contribution in [0.5, 0.6) is 5.75 Å². The van der Waals surface area contributed by atoms with Crippen molar-refractivity contribution < 1.29 is 14.3 Å². The summed E-state index contributed by atoms with van der Waals surface area (Å²) in [5.41, 5.74) is 5.28. The second-order valence-electron chi connectivity index (χ2n) is 8.78. The zero-order valence-corrected chi connectivity index (χ0v) is 20.1. The lowest BCUT2D eigenvalue weighted by molar-refractivity contribution is -0.137. The summed E-state index contributed by atoms with van der Waals surface area (Å²) < 4.78 is 5.53. The number of ether oxygens (including phenoxy) is 1. The first kappa shape index (κ1) is 22.9. The van der Waals surface area contributed by atoms with Crippen LogP contribution in [0.1, 0.15) is 36.5 Å². The van der Waals surface area contributed by atoms with E-state index in [1.54, 1.807) is 7.11 Å². The number of para-hydroxylation sites is 2. The standard InChI is InChI=1S/C27H33N3O3/c1-5-6-13-30-26(31)24(21-12-11-19(2)20(3)18-21)25(27(30)32)29-16-14-28(15-17-29)22-9-7-8-10-23(22)33-4/h7-12,18H,5-6,13-17H2,1-4H3. The average molecular weight is 448 g/mol. The maximum atomic E-state index is 13.5. The number of carbonyl (C=O) groups excluding carboxylic acids is 2. The van der Waals surface area contributed by atoms with E-state index < -0.39 is 0 Å². The maximum Gasteiger partial charge on any atom is 0.277 e. The molecule has 6 heteroatoms. The molecule has 0 N–H and O–H groups in total. The Morgan fingerprint density at radius 1 is 0.879 bits per heavy atom. The number of methoxy groups -OCH3 is 1. The molecule has 4 rings (SSSR count). The van der Waals surface area contributed by atoms with E-state index in [9.17, 15) is 9.59 Å². The van der Waals surface area contributed by atoms with Crippen molar-refractivity contribution >= 4 is 23.1 Å². The second-order valence-corrected chi connectivity index (χ2v) is 8.78. The number of aryl methyl sites for hydroxylation is 2. The monoisotopic (exact) mass is 447 g/mol. The van der Waals surface area contributed by atoms with Crippen LogP contribution >= 0.6 is 0 Å². The molecule has 0 unspecified atom stereocenters. The highest BCUT2D eigenvalue weighted by Crippen LogP contribution is 2.34. The van der Waals surface area contributed by atoms with Gasteiger partial charge >= 0.3 is 0 Å². The predicted molar refractivity (Wildman–Crippen MR) is 131 cm³/mol. The molecule has 0 bridgehead atoms. The third-order valence-electron chi connectivity index (χ3n) is 6.70. The lowest BCUT2D eigenvalue weighted by Crippen LogP contribution is -2.47. The molecule has 2 aromatic carbocycles. The summed E-state index contributed by atoms with van der Waals surface area (Å²) >= 11 is 0. The zero-order valence-electron chi connectivity index (χ0n) is 20.1. The van der Waals surface area contributed by atoms with Gasteiger partial charge in [0, 0.05) is 32.7 Å². The molecular weight excluding hydrogens is 414 g/mol. The van der Waals surface area contributed by atoms with Gasteiger partial charge < -0.3 is 14.5 Å². The Labute approximate surface area is 196 Å². The van der Waals surface area contributed by atoms with Crippen molar-refractivity contribution in [1.82, 2.24) is 9.80 Å². The molecule has 1 fully saturated rings. The van der Waals surface area contributed by atoms with Gasteiger partial charge in [-0.3, -0.25) is 14.5 Å². The normalized spacial score (nSPS) is 16.8. The minimum atomic E-state index is -0.168. The molecule has 2 aliphatic rings. The lowest BCUT2D eigenvalue weighted by Gasteiger charge is -2.38. The molecule has 2 aromatic rings. The minimum absolute atomic E-state index is 0.160. The highest BCUT2D eigenvalue weighted by atomic mass is 16.5. The van der Waals surface area contributed by atoms with E-state index in [-0.39, 0.29) is 11.8 Å². The van der Waals surface area contributed by atoms with Crippen molar-refractivity contribution in [1.29, 1.82) is 0 Å². The lowest BCUT2D eigenvalue weighted by atomic mass is 9.99. The SMILES string of the molecule is CCCCN1C(=O)C(c2ccc(C)c(C)c2)=C(N2CCN(c3ccccc3OC)CC2)C1=O. The van der Waals surface area contributed by atoms with Gasteiger partial charge in [-0.2, -0.15) is 0 Å². The molecule has 0 atom stereocenters. The fourth-order valence-electron chi connectivity index (χ4n) is 4.60. The molecule has 2 aliphatic heterocycles. The molecule has 0 saturated carbocycles. The zero-order chi connectivity index (χ0) is 23.5. The maximum absolute atomic E-state index is 13.5. The van der Waals surface area contributed by atoms with E-state index in [2.05, 4.69) is 29.7 Å². The summed E-state index contributed by atoms with van der Waals surface area (Å²) in [5, 5.41) is 0. The number of carbonyl (C=O) groups is 2. The van der Waals surface area contributed by atoms with Gasteiger partial charge in [0.1, 0.15) is 11.4 Å². The van der Waals surface area contributed by atoms with E-state index in [1.807, 2.05) is 43.3 Å². The Kier molecular flexibility index (Phi) is 6.72. The molecule has 0 aromatic heterocycles. The summed E-state index contributed by atoms with van der Waals surface area (Å²) in [6, 6.07) is 14.0. The van der Waals surface area contributed by atoms with Gasteiger partial charge in [0.15, 0.2) is 0 Å². The molecule has 0 spiro atoms. The van der Waals surface area contributed by atoms with Crippen LogP contribution in [0.2, 0.25) is 0 Å². The Balaban J connectivity index is 1.65. The predicted octanol–water partition coefficient (Wildman–Crippen LogP) is 4.01. The Bertz CT molecular complexity index is 1080. The van der Waals surface area contributed by atoms with E-state index in [1.165, 1.54) is 10.5 Å². The van der Waals surface area contributed by atoms with Gasteiger partial charge in [-0.05, 0) is 49.1 Å². The summed E-state index contributed by atoms with van der Waals surface area (Å²) in [6.07, 6.45) is 1.75. The quantitative estimate of drug-likeness (QED) is 0.600. The van der Waals surface area contributed by atoms with Crippen molar-refractivity contribution in [3.8, 4) is 5.75 Å². The van der Waals surface area contributed by atoms with E-state index >= 15 is 0 Å². The topological polar surface area (TPSA) is 53.1 Å². The number of nitrogens with zero attached hydrogens (tertiary/aromatic N) is 3. The van der Waals surface area contributed by atoms with Crippen LogP contribution < -0.4 is 9.64 Å². The Morgan fingerprint density at radius 2 is 1.58 bits per heavy atom. The van der Waals surface area contributed by atoms with E-state index in [4.69, 9.17) is 4.74 Å². The largest absolute Gasteiger partial charge is 0.495 e. The van der Waals surface area contributed by atoms with Crippen LogP contribution in [0.4, 0.5) is 5.69 Å². The van der Waals surface area contributed by atoms with Crippen LogP contribution in [-0.4, -0.2) is 61.4 Å². The van der Waals surface area contributed by atoms with E-state index in [0.29, 0.717) is 30.9 Å². The summed E-state index contributed by atoms with van der Waals surface area (Å²) in [4.78, 5) is 32.7. The molecule has 1 saturated heterocycles. The second kappa shape index (κ2) is 9.69. The smallest absolute Gasteiger partial charge is 0.277 e. The summed E-state index contributed by atoms with van der Waals surface area (Å²) in [5.74, 6) is 0.519. The number of anilines is 1. The number of rotatable bonds is 7. The van der Waals surface area contributed by atoms with Gasteiger partial charge in [-0.1, -0.05) is 43.7 Å². The highest BCUT2D eigenvalue weighted by molar-refractivity contribution is 6.35. The fourth-order valence-corrected chi connectivity index (χ4v) is 4.60. The molecule has 174 valence electrons. The van der Waals surface area contributed by atoms with E-state index in [0.717, 1.165) is 48.5 Å². The summed E-state index contributed by atoms with van der Waals surface area (Å²) in [6.45, 7) is 9.47. The number of amides is 2. The summed E-state index contributed by atoms with van der Waals surface area (Å²) in [7, 11) is 1.68. The first-order valence-electron chi connectivity index (χ1n) is 11.8. The Morgan fingerprint density at radius 3 is 2.24 bits per heavy atom. The van der Waals surface area contributed by atoms with Gasteiger partial charge in [0.05, 0.1) is 18.4 Å². The van der Waals surface area contributed by atoms with Crippen LogP contribution in [0.15, 0.2) is 48.2 Å².